The standard InChI is InChI=1S/C11H9N5/c1-2-10-8(6-14-16-10)5-9(1)15-11-3-4-12-7-13-11/h1-7H,(H,14,16)(H,12,13,15). The molecule has 0 saturated heterocycles. The van der Waals surface area contributed by atoms with Crippen LogP contribution in [0.2, 0.25) is 0 Å². The summed E-state index contributed by atoms with van der Waals surface area (Å²) in [6.45, 7) is 0. The minimum Gasteiger partial charge on any atom is -0.340 e. The summed E-state index contributed by atoms with van der Waals surface area (Å²) in [5, 5.41) is 11.1. The van der Waals surface area contributed by atoms with Crippen molar-refractivity contribution in [2.24, 2.45) is 0 Å². The summed E-state index contributed by atoms with van der Waals surface area (Å²) in [5.41, 5.74) is 2.00. The number of nitrogens with zero attached hydrogens (tertiary/aromatic N) is 3. The first-order chi connectivity index (χ1) is 7.92. The Morgan fingerprint density at radius 1 is 1.19 bits per heavy atom. The van der Waals surface area contributed by atoms with Crippen molar-refractivity contribution in [2.75, 3.05) is 5.32 Å². The molecular weight excluding hydrogens is 202 g/mol. The fraction of sp³-hybridized carbons (Fsp3) is 0. The second kappa shape index (κ2) is 3.62. The van der Waals surface area contributed by atoms with E-state index in [4.69, 9.17) is 0 Å². The number of fused-ring (bicyclic) bond motifs is 1. The molecule has 0 saturated carbocycles. The average molecular weight is 211 g/mol. The number of rotatable bonds is 2. The van der Waals surface area contributed by atoms with Gasteiger partial charge in [0.25, 0.3) is 0 Å². The molecule has 3 aromatic rings. The molecule has 2 N–H and O–H groups in total. The molecule has 0 amide bonds. The summed E-state index contributed by atoms with van der Waals surface area (Å²) in [6.07, 6.45) is 5.00. The predicted molar refractivity (Wildman–Crippen MR) is 61.4 cm³/mol. The fourth-order valence-electron chi connectivity index (χ4n) is 1.53. The Hall–Kier alpha value is -2.43. The van der Waals surface area contributed by atoms with Gasteiger partial charge in [-0.05, 0) is 24.3 Å². The van der Waals surface area contributed by atoms with Gasteiger partial charge in [-0.3, -0.25) is 5.10 Å². The molecule has 0 aliphatic heterocycles. The Balaban J connectivity index is 1.94. The molecule has 0 unspecified atom stereocenters. The first-order valence-electron chi connectivity index (χ1n) is 4.88. The van der Waals surface area contributed by atoms with Crippen molar-refractivity contribution in [3.05, 3.63) is 43.0 Å². The van der Waals surface area contributed by atoms with Crippen LogP contribution in [-0.4, -0.2) is 20.2 Å². The van der Waals surface area contributed by atoms with Crippen LogP contribution in [0.5, 0.6) is 0 Å². The average Bonchev–Trinajstić information content (AvgIpc) is 2.77. The number of hydrogen-bond acceptors (Lipinski definition) is 4. The van der Waals surface area contributed by atoms with Crippen molar-refractivity contribution in [1.29, 1.82) is 0 Å². The normalized spacial score (nSPS) is 10.5. The summed E-state index contributed by atoms with van der Waals surface area (Å²) < 4.78 is 0. The third-order valence-corrected chi connectivity index (χ3v) is 2.29. The van der Waals surface area contributed by atoms with Crippen LogP contribution in [0.1, 0.15) is 0 Å². The first-order valence-corrected chi connectivity index (χ1v) is 4.88. The molecule has 5 nitrogen and oxygen atoms in total. The zero-order chi connectivity index (χ0) is 10.8. The maximum Gasteiger partial charge on any atom is 0.133 e. The maximum atomic E-state index is 4.10. The first kappa shape index (κ1) is 8.84. The van der Waals surface area contributed by atoms with Crippen LogP contribution >= 0.6 is 0 Å². The molecule has 0 bridgehead atoms. The van der Waals surface area contributed by atoms with E-state index in [1.165, 1.54) is 6.33 Å². The van der Waals surface area contributed by atoms with Crippen LogP contribution in [0.4, 0.5) is 11.5 Å². The van der Waals surface area contributed by atoms with Gasteiger partial charge in [0.2, 0.25) is 0 Å². The molecule has 16 heavy (non-hydrogen) atoms. The quantitative estimate of drug-likeness (QED) is 0.681. The third kappa shape index (κ3) is 1.58. The highest BCUT2D eigenvalue weighted by Crippen LogP contribution is 2.19. The number of aromatic nitrogens is 4. The molecular formula is C11H9N5. The van der Waals surface area contributed by atoms with Gasteiger partial charge in [-0.25, -0.2) is 9.97 Å². The highest BCUT2D eigenvalue weighted by Gasteiger charge is 1.98. The lowest BCUT2D eigenvalue weighted by atomic mass is 10.2. The number of hydrogen-bond donors (Lipinski definition) is 2. The monoisotopic (exact) mass is 211 g/mol. The smallest absolute Gasteiger partial charge is 0.133 e. The topological polar surface area (TPSA) is 66.5 Å². The van der Waals surface area contributed by atoms with E-state index in [0.717, 1.165) is 22.4 Å². The number of anilines is 2. The molecule has 0 radical (unpaired) electrons. The van der Waals surface area contributed by atoms with Gasteiger partial charge in [0.05, 0.1) is 11.7 Å². The molecule has 0 atom stereocenters. The van der Waals surface area contributed by atoms with Crippen LogP contribution in [0.25, 0.3) is 10.9 Å². The predicted octanol–water partition coefficient (Wildman–Crippen LogP) is 2.10. The van der Waals surface area contributed by atoms with Crippen molar-refractivity contribution >= 4 is 22.4 Å². The maximum absolute atomic E-state index is 4.10. The molecule has 0 spiro atoms. The zero-order valence-corrected chi connectivity index (χ0v) is 8.38. The van der Waals surface area contributed by atoms with E-state index in [1.807, 2.05) is 24.3 Å². The van der Waals surface area contributed by atoms with Crippen molar-refractivity contribution in [3.8, 4) is 0 Å². The largest absolute Gasteiger partial charge is 0.340 e. The molecule has 0 aliphatic carbocycles. The Labute approximate surface area is 91.6 Å². The summed E-state index contributed by atoms with van der Waals surface area (Å²) in [7, 11) is 0. The highest BCUT2D eigenvalue weighted by atomic mass is 15.1. The van der Waals surface area contributed by atoms with E-state index < -0.39 is 0 Å². The second-order valence-electron chi connectivity index (χ2n) is 3.39. The van der Waals surface area contributed by atoms with Crippen LogP contribution in [0, 0.1) is 0 Å². The van der Waals surface area contributed by atoms with Gasteiger partial charge in [0.15, 0.2) is 0 Å². The SMILES string of the molecule is c1cc(Nc2ccc3[nH]ncc3c2)ncn1. The number of benzene rings is 1. The van der Waals surface area contributed by atoms with Gasteiger partial charge < -0.3 is 5.32 Å². The van der Waals surface area contributed by atoms with Gasteiger partial charge in [-0.1, -0.05) is 0 Å². The molecule has 5 heteroatoms. The van der Waals surface area contributed by atoms with Crippen molar-refractivity contribution < 1.29 is 0 Å². The van der Waals surface area contributed by atoms with Gasteiger partial charge in [0.1, 0.15) is 12.1 Å². The summed E-state index contributed by atoms with van der Waals surface area (Å²) in [5.74, 6) is 0.776. The summed E-state index contributed by atoms with van der Waals surface area (Å²) >= 11 is 0. The van der Waals surface area contributed by atoms with Crippen molar-refractivity contribution in [3.63, 3.8) is 0 Å². The minimum atomic E-state index is 0.776. The Bertz CT molecular complexity index is 602. The van der Waals surface area contributed by atoms with Crippen molar-refractivity contribution in [2.45, 2.75) is 0 Å². The van der Waals surface area contributed by atoms with Crippen LogP contribution in [0.3, 0.4) is 0 Å². The molecule has 78 valence electrons. The highest BCUT2D eigenvalue weighted by molar-refractivity contribution is 5.82. The lowest BCUT2D eigenvalue weighted by Crippen LogP contribution is -1.92. The Morgan fingerprint density at radius 2 is 2.19 bits per heavy atom. The van der Waals surface area contributed by atoms with E-state index in [2.05, 4.69) is 25.5 Å². The zero-order valence-electron chi connectivity index (χ0n) is 8.38. The summed E-state index contributed by atoms with van der Waals surface area (Å²) in [4.78, 5) is 7.96. The molecule has 3 rings (SSSR count). The van der Waals surface area contributed by atoms with Gasteiger partial charge in [0, 0.05) is 17.3 Å². The number of H-pyrrole nitrogens is 1. The minimum absolute atomic E-state index is 0.776. The van der Waals surface area contributed by atoms with Crippen molar-refractivity contribution in [1.82, 2.24) is 20.2 Å². The summed E-state index contributed by atoms with van der Waals surface area (Å²) in [6, 6.07) is 7.79. The Morgan fingerprint density at radius 3 is 3.06 bits per heavy atom. The van der Waals surface area contributed by atoms with E-state index >= 15 is 0 Å². The molecule has 1 aromatic carbocycles. The lowest BCUT2D eigenvalue weighted by molar-refractivity contribution is 1.12. The second-order valence-corrected chi connectivity index (χ2v) is 3.39. The van der Waals surface area contributed by atoms with E-state index in [9.17, 15) is 0 Å². The van der Waals surface area contributed by atoms with Gasteiger partial charge >= 0.3 is 0 Å². The molecule has 0 aliphatic rings. The fourth-order valence-corrected chi connectivity index (χ4v) is 1.53. The van der Waals surface area contributed by atoms with Gasteiger partial charge in [-0.15, -0.1) is 0 Å². The van der Waals surface area contributed by atoms with Crippen LogP contribution in [-0.2, 0) is 0 Å². The van der Waals surface area contributed by atoms with Crippen LogP contribution in [0.15, 0.2) is 43.0 Å². The van der Waals surface area contributed by atoms with Crippen LogP contribution < -0.4 is 5.32 Å². The van der Waals surface area contributed by atoms with E-state index in [1.54, 1.807) is 12.4 Å². The Kier molecular flexibility index (Phi) is 2.00. The molecule has 0 fully saturated rings. The number of aromatic amines is 1. The van der Waals surface area contributed by atoms with E-state index in [-0.39, 0.29) is 0 Å². The van der Waals surface area contributed by atoms with Gasteiger partial charge in [-0.2, -0.15) is 5.10 Å². The third-order valence-electron chi connectivity index (χ3n) is 2.29. The molecule has 2 heterocycles. The lowest BCUT2D eigenvalue weighted by Gasteiger charge is -2.04. The molecule has 2 aromatic heterocycles. The number of nitrogens with one attached hydrogen (secondary N) is 2. The van der Waals surface area contributed by atoms with E-state index in [0.29, 0.717) is 0 Å².